The zero-order valence-corrected chi connectivity index (χ0v) is 10.5. The summed E-state index contributed by atoms with van der Waals surface area (Å²) in [6.07, 6.45) is 4.43. The lowest BCUT2D eigenvalue weighted by Crippen LogP contribution is -2.31. The summed E-state index contributed by atoms with van der Waals surface area (Å²) in [6, 6.07) is 0.172. The van der Waals surface area contributed by atoms with Gasteiger partial charge in [0.05, 0.1) is 4.92 Å². The summed E-state index contributed by atoms with van der Waals surface area (Å²) >= 11 is 0. The van der Waals surface area contributed by atoms with Crippen molar-refractivity contribution in [1.29, 1.82) is 0 Å². The van der Waals surface area contributed by atoms with E-state index in [2.05, 4.69) is 29.1 Å². The Bertz CT molecular complexity index is 475. The molecule has 0 aliphatic heterocycles. The van der Waals surface area contributed by atoms with Gasteiger partial charge in [-0.3, -0.25) is 10.1 Å². The molecule has 0 bridgehead atoms. The molecule has 0 saturated heterocycles. The van der Waals surface area contributed by atoms with E-state index in [1.54, 1.807) is 0 Å². The standard InChI is InChI=1S/C11H17N5O2/c1-11(2)5-3-4-7(11)15-10-8(16(17)18)9(12)13-6-14-10/h6-7H,3-5H2,1-2H3,(H3,12,13,14,15). The molecule has 0 amide bonds. The van der Waals surface area contributed by atoms with Crippen LogP contribution in [-0.2, 0) is 0 Å². The fourth-order valence-electron chi connectivity index (χ4n) is 2.44. The van der Waals surface area contributed by atoms with Crippen molar-refractivity contribution in [2.75, 3.05) is 11.1 Å². The van der Waals surface area contributed by atoms with Crippen molar-refractivity contribution in [3.8, 4) is 0 Å². The van der Waals surface area contributed by atoms with Crippen LogP contribution in [-0.4, -0.2) is 20.9 Å². The average Bonchev–Trinajstić information content (AvgIpc) is 2.58. The van der Waals surface area contributed by atoms with Gasteiger partial charge in [0.15, 0.2) is 0 Å². The van der Waals surface area contributed by atoms with E-state index in [0.717, 1.165) is 19.3 Å². The Morgan fingerprint density at radius 1 is 1.56 bits per heavy atom. The highest BCUT2D eigenvalue weighted by Crippen LogP contribution is 2.40. The smallest absolute Gasteiger partial charge is 0.352 e. The van der Waals surface area contributed by atoms with Crippen molar-refractivity contribution < 1.29 is 4.92 Å². The highest BCUT2D eigenvalue weighted by molar-refractivity contribution is 5.67. The van der Waals surface area contributed by atoms with Crippen LogP contribution in [0.15, 0.2) is 6.33 Å². The van der Waals surface area contributed by atoms with Crippen LogP contribution in [0.1, 0.15) is 33.1 Å². The minimum Gasteiger partial charge on any atom is -0.378 e. The zero-order chi connectivity index (χ0) is 13.3. The second-order valence-corrected chi connectivity index (χ2v) is 5.29. The van der Waals surface area contributed by atoms with Gasteiger partial charge in [0, 0.05) is 6.04 Å². The Kier molecular flexibility index (Phi) is 3.06. The molecule has 1 fully saturated rings. The lowest BCUT2D eigenvalue weighted by Gasteiger charge is -2.28. The summed E-state index contributed by atoms with van der Waals surface area (Å²) in [4.78, 5) is 18.0. The molecule has 7 nitrogen and oxygen atoms in total. The van der Waals surface area contributed by atoms with Crippen LogP contribution in [0, 0.1) is 15.5 Å². The highest BCUT2D eigenvalue weighted by atomic mass is 16.6. The van der Waals surface area contributed by atoms with Gasteiger partial charge in [-0.25, -0.2) is 9.97 Å². The molecule has 1 aromatic rings. The molecule has 1 atom stereocenters. The largest absolute Gasteiger partial charge is 0.378 e. The summed E-state index contributed by atoms with van der Waals surface area (Å²) in [7, 11) is 0. The topological polar surface area (TPSA) is 107 Å². The number of nitro groups is 1. The minimum atomic E-state index is -0.542. The lowest BCUT2D eigenvalue weighted by molar-refractivity contribution is -0.383. The highest BCUT2D eigenvalue weighted by Gasteiger charge is 2.36. The quantitative estimate of drug-likeness (QED) is 0.628. The molecular formula is C11H17N5O2. The van der Waals surface area contributed by atoms with Gasteiger partial charge in [0.1, 0.15) is 6.33 Å². The fraction of sp³-hybridized carbons (Fsp3) is 0.636. The molecule has 0 spiro atoms. The monoisotopic (exact) mass is 251 g/mol. The second-order valence-electron chi connectivity index (χ2n) is 5.29. The number of rotatable bonds is 3. The maximum Gasteiger partial charge on any atom is 0.352 e. The third-order valence-electron chi connectivity index (χ3n) is 3.60. The Morgan fingerprint density at radius 3 is 2.83 bits per heavy atom. The molecule has 1 saturated carbocycles. The van der Waals surface area contributed by atoms with E-state index in [1.165, 1.54) is 6.33 Å². The van der Waals surface area contributed by atoms with Crippen molar-refractivity contribution in [3.05, 3.63) is 16.4 Å². The van der Waals surface area contributed by atoms with Gasteiger partial charge in [0.25, 0.3) is 0 Å². The van der Waals surface area contributed by atoms with Crippen LogP contribution in [0.3, 0.4) is 0 Å². The van der Waals surface area contributed by atoms with E-state index in [4.69, 9.17) is 5.73 Å². The van der Waals surface area contributed by atoms with E-state index in [1.807, 2.05) is 0 Å². The summed E-state index contributed by atoms with van der Waals surface area (Å²) in [5, 5.41) is 14.1. The van der Waals surface area contributed by atoms with E-state index in [-0.39, 0.29) is 28.8 Å². The van der Waals surface area contributed by atoms with E-state index in [9.17, 15) is 10.1 Å². The van der Waals surface area contributed by atoms with Crippen molar-refractivity contribution in [1.82, 2.24) is 9.97 Å². The molecule has 1 aliphatic rings. The summed E-state index contributed by atoms with van der Waals surface area (Å²) in [6.45, 7) is 4.29. The number of nitrogen functional groups attached to an aromatic ring is 1. The van der Waals surface area contributed by atoms with Gasteiger partial charge in [-0.15, -0.1) is 0 Å². The Labute approximate surface area is 105 Å². The van der Waals surface area contributed by atoms with Crippen molar-refractivity contribution >= 4 is 17.3 Å². The van der Waals surface area contributed by atoms with Crippen LogP contribution >= 0.6 is 0 Å². The Balaban J connectivity index is 2.29. The predicted molar refractivity (Wildman–Crippen MR) is 68.1 cm³/mol. The normalized spacial score (nSPS) is 21.8. The Hall–Kier alpha value is -1.92. The number of hydrogen-bond donors (Lipinski definition) is 2. The van der Waals surface area contributed by atoms with Gasteiger partial charge in [-0.05, 0) is 18.3 Å². The van der Waals surface area contributed by atoms with Gasteiger partial charge in [-0.2, -0.15) is 0 Å². The summed E-state index contributed by atoms with van der Waals surface area (Å²) < 4.78 is 0. The van der Waals surface area contributed by atoms with E-state index < -0.39 is 4.92 Å². The van der Waals surface area contributed by atoms with E-state index >= 15 is 0 Å². The third-order valence-corrected chi connectivity index (χ3v) is 3.60. The van der Waals surface area contributed by atoms with Gasteiger partial charge in [0.2, 0.25) is 11.6 Å². The molecular weight excluding hydrogens is 234 g/mol. The zero-order valence-electron chi connectivity index (χ0n) is 10.5. The number of nitrogens with zero attached hydrogens (tertiary/aromatic N) is 3. The van der Waals surface area contributed by atoms with Crippen LogP contribution in [0.2, 0.25) is 0 Å². The number of hydrogen-bond acceptors (Lipinski definition) is 6. The molecule has 1 heterocycles. The fourth-order valence-corrected chi connectivity index (χ4v) is 2.44. The van der Waals surface area contributed by atoms with Crippen LogP contribution in [0.25, 0.3) is 0 Å². The SMILES string of the molecule is CC1(C)CCCC1Nc1ncnc(N)c1[N+](=O)[O-]. The van der Waals surface area contributed by atoms with Gasteiger partial charge < -0.3 is 11.1 Å². The van der Waals surface area contributed by atoms with Gasteiger partial charge >= 0.3 is 5.69 Å². The summed E-state index contributed by atoms with van der Waals surface area (Å²) in [5.41, 5.74) is 5.40. The second kappa shape index (κ2) is 4.40. The molecule has 98 valence electrons. The molecule has 18 heavy (non-hydrogen) atoms. The van der Waals surface area contributed by atoms with Crippen LogP contribution in [0.5, 0.6) is 0 Å². The molecule has 1 aliphatic carbocycles. The number of anilines is 2. The van der Waals surface area contributed by atoms with Crippen molar-refractivity contribution in [2.24, 2.45) is 5.41 Å². The first-order valence-corrected chi connectivity index (χ1v) is 5.93. The van der Waals surface area contributed by atoms with Crippen molar-refractivity contribution in [3.63, 3.8) is 0 Å². The first-order valence-electron chi connectivity index (χ1n) is 5.93. The van der Waals surface area contributed by atoms with Crippen LogP contribution in [0.4, 0.5) is 17.3 Å². The molecule has 0 aromatic carbocycles. The Morgan fingerprint density at radius 2 is 2.28 bits per heavy atom. The molecule has 0 radical (unpaired) electrons. The molecule has 3 N–H and O–H groups in total. The predicted octanol–water partition coefficient (Wildman–Crippen LogP) is 1.96. The maximum absolute atomic E-state index is 11.0. The maximum atomic E-state index is 11.0. The number of nitrogens with one attached hydrogen (secondary N) is 1. The average molecular weight is 251 g/mol. The minimum absolute atomic E-state index is 0.103. The molecule has 1 aromatic heterocycles. The van der Waals surface area contributed by atoms with Crippen molar-refractivity contribution in [2.45, 2.75) is 39.2 Å². The molecule has 2 rings (SSSR count). The van der Waals surface area contributed by atoms with Crippen LogP contribution < -0.4 is 11.1 Å². The molecule has 7 heteroatoms. The first-order chi connectivity index (χ1) is 8.42. The number of nitrogens with two attached hydrogens (primary N) is 1. The molecule has 1 unspecified atom stereocenters. The lowest BCUT2D eigenvalue weighted by atomic mass is 9.87. The summed E-state index contributed by atoms with van der Waals surface area (Å²) in [5.74, 6) is 0.112. The first kappa shape index (κ1) is 12.5. The van der Waals surface area contributed by atoms with E-state index in [0.29, 0.717) is 0 Å². The number of aromatic nitrogens is 2. The third kappa shape index (κ3) is 2.20. The van der Waals surface area contributed by atoms with Gasteiger partial charge in [-0.1, -0.05) is 20.3 Å².